The van der Waals surface area contributed by atoms with Gasteiger partial charge in [0.1, 0.15) is 0 Å². The van der Waals surface area contributed by atoms with Gasteiger partial charge in [0.05, 0.1) is 0 Å². The molecule has 5 nitrogen and oxygen atoms in total. The Kier molecular flexibility index (Phi) is 5.22. The molecule has 1 aromatic rings. The predicted molar refractivity (Wildman–Crippen MR) is 110 cm³/mol. The van der Waals surface area contributed by atoms with Crippen LogP contribution in [0.15, 0.2) is 35.9 Å². The lowest BCUT2D eigenvalue weighted by Crippen LogP contribution is -2.37. The quantitative estimate of drug-likeness (QED) is 0.627. The predicted octanol–water partition coefficient (Wildman–Crippen LogP) is 4.20. The highest BCUT2D eigenvalue weighted by Crippen LogP contribution is 2.52. The first kappa shape index (κ1) is 20.3. The summed E-state index contributed by atoms with van der Waals surface area (Å²) < 4.78 is 0. The molecule has 1 aliphatic heterocycles. The average Bonchev–Trinajstić information content (AvgIpc) is 2.84. The zero-order valence-corrected chi connectivity index (χ0v) is 17.5. The molecule has 1 aromatic carbocycles. The number of ketones is 1. The number of nitrogens with one attached hydrogen (secondary N) is 1. The molecule has 2 atom stereocenters. The Bertz CT molecular complexity index is 838. The largest absolute Gasteiger partial charge is 0.336 e. The number of hydrogen-bond acceptors (Lipinski definition) is 3. The number of hydrogen-bond donors (Lipinski definition) is 1. The summed E-state index contributed by atoms with van der Waals surface area (Å²) in [4.78, 5) is 38.6. The Labute approximate surface area is 167 Å². The number of likely N-dealkylation sites (tertiary alicyclic amines) is 1. The zero-order valence-electron chi connectivity index (χ0n) is 17.5. The molecule has 1 N–H and O–H groups in total. The fourth-order valence-electron chi connectivity index (χ4n) is 5.07. The maximum Gasteiger partial charge on any atom is 0.251 e. The van der Waals surface area contributed by atoms with Crippen molar-refractivity contribution in [3.63, 3.8) is 0 Å². The summed E-state index contributed by atoms with van der Waals surface area (Å²) in [6.45, 7) is 10.7. The summed E-state index contributed by atoms with van der Waals surface area (Å²) in [6.07, 6.45) is 4.63. The van der Waals surface area contributed by atoms with Crippen LogP contribution >= 0.6 is 0 Å². The van der Waals surface area contributed by atoms with Gasteiger partial charge < -0.3 is 10.2 Å². The molecular weight excluding hydrogens is 352 g/mol. The number of carbonyl (C=O) groups is 3. The van der Waals surface area contributed by atoms with Gasteiger partial charge in [-0.2, -0.15) is 0 Å². The number of amides is 2. The molecule has 1 saturated heterocycles. The van der Waals surface area contributed by atoms with Gasteiger partial charge >= 0.3 is 0 Å². The van der Waals surface area contributed by atoms with Gasteiger partial charge in [-0.15, -0.1) is 0 Å². The minimum atomic E-state index is -0.308. The van der Waals surface area contributed by atoms with Crippen molar-refractivity contribution in [1.29, 1.82) is 0 Å². The first-order valence-electron chi connectivity index (χ1n) is 9.89. The van der Waals surface area contributed by atoms with Gasteiger partial charge in [0.2, 0.25) is 5.91 Å². The van der Waals surface area contributed by atoms with Crippen molar-refractivity contribution in [2.45, 2.75) is 59.9 Å². The molecule has 0 radical (unpaired) electrons. The molecule has 0 spiro atoms. The number of rotatable bonds is 4. The normalized spacial score (nSPS) is 26.1. The monoisotopic (exact) mass is 382 g/mol. The Morgan fingerprint density at radius 2 is 1.71 bits per heavy atom. The van der Waals surface area contributed by atoms with Crippen LogP contribution in [0, 0.1) is 10.8 Å². The van der Waals surface area contributed by atoms with Crippen LogP contribution in [0.4, 0.5) is 5.69 Å². The molecule has 1 saturated carbocycles. The summed E-state index contributed by atoms with van der Waals surface area (Å²) in [7, 11) is 0. The van der Waals surface area contributed by atoms with E-state index in [4.69, 9.17) is 0 Å². The number of Topliss-reactive ketones (excluding diaryl/α,β-unsaturated/α-hetero) is 1. The van der Waals surface area contributed by atoms with E-state index in [-0.39, 0.29) is 34.5 Å². The van der Waals surface area contributed by atoms with Crippen LogP contribution in [0.3, 0.4) is 0 Å². The van der Waals surface area contributed by atoms with Gasteiger partial charge in [0.25, 0.3) is 5.91 Å². The van der Waals surface area contributed by atoms with E-state index in [1.165, 1.54) is 13.0 Å². The fourth-order valence-corrected chi connectivity index (χ4v) is 5.07. The van der Waals surface area contributed by atoms with Crippen LogP contribution < -0.4 is 5.32 Å². The van der Waals surface area contributed by atoms with E-state index in [0.717, 1.165) is 25.8 Å². The summed E-state index contributed by atoms with van der Waals surface area (Å²) in [5.74, 6) is -0.407. The molecule has 3 rings (SSSR count). The second-order valence-corrected chi connectivity index (χ2v) is 9.59. The average molecular weight is 383 g/mol. The molecule has 5 heteroatoms. The van der Waals surface area contributed by atoms with Crippen LogP contribution in [0.2, 0.25) is 0 Å². The third-order valence-electron chi connectivity index (χ3n) is 5.95. The Balaban J connectivity index is 1.66. The molecule has 2 amide bonds. The number of carbonyl (C=O) groups excluding carboxylic acids is 3. The fraction of sp³-hybridized carbons (Fsp3) is 0.522. The third-order valence-corrected chi connectivity index (χ3v) is 5.95. The highest BCUT2D eigenvalue weighted by molar-refractivity contribution is 6.07. The maximum absolute atomic E-state index is 12.9. The summed E-state index contributed by atoms with van der Waals surface area (Å²) in [5.41, 5.74) is 1.99. The molecule has 1 aliphatic carbocycles. The highest BCUT2D eigenvalue weighted by Gasteiger charge is 2.50. The van der Waals surface area contributed by atoms with Crippen LogP contribution in [0.25, 0.3) is 0 Å². The molecule has 2 bridgehead atoms. The van der Waals surface area contributed by atoms with E-state index in [9.17, 15) is 14.4 Å². The minimum Gasteiger partial charge on any atom is -0.336 e. The van der Waals surface area contributed by atoms with Crippen LogP contribution in [0.1, 0.15) is 64.2 Å². The molecule has 1 heterocycles. The standard InChI is InChI=1S/C23H30N2O3/c1-15(21(28)24-18-8-6-17(7-9-18)16(2)26)10-20(27)25-14-23(5)12-19(25)11-22(3,4)13-23/h6-10,19H,11-14H2,1-5H3,(H,24,28)/b15-10-. The van der Waals surface area contributed by atoms with Crippen molar-refractivity contribution in [1.82, 2.24) is 4.90 Å². The molecule has 28 heavy (non-hydrogen) atoms. The number of anilines is 1. The Morgan fingerprint density at radius 1 is 1.07 bits per heavy atom. The topological polar surface area (TPSA) is 66.5 Å². The van der Waals surface area contributed by atoms with Crippen molar-refractivity contribution in [2.75, 3.05) is 11.9 Å². The van der Waals surface area contributed by atoms with Crippen molar-refractivity contribution in [3.05, 3.63) is 41.5 Å². The van der Waals surface area contributed by atoms with Gasteiger partial charge in [-0.05, 0) is 68.2 Å². The van der Waals surface area contributed by atoms with Gasteiger partial charge in [-0.1, -0.05) is 20.8 Å². The van der Waals surface area contributed by atoms with Crippen LogP contribution in [-0.2, 0) is 9.59 Å². The third kappa shape index (κ3) is 4.34. The summed E-state index contributed by atoms with van der Waals surface area (Å²) >= 11 is 0. The molecule has 0 aromatic heterocycles. The van der Waals surface area contributed by atoms with Gasteiger partial charge in [-0.3, -0.25) is 14.4 Å². The molecular formula is C23H30N2O3. The van der Waals surface area contributed by atoms with E-state index in [0.29, 0.717) is 16.8 Å². The van der Waals surface area contributed by atoms with E-state index >= 15 is 0 Å². The van der Waals surface area contributed by atoms with E-state index in [2.05, 4.69) is 26.1 Å². The smallest absolute Gasteiger partial charge is 0.251 e. The van der Waals surface area contributed by atoms with E-state index in [1.807, 2.05) is 4.90 Å². The summed E-state index contributed by atoms with van der Waals surface area (Å²) in [6, 6.07) is 6.99. The number of nitrogens with zero attached hydrogens (tertiary/aromatic N) is 1. The van der Waals surface area contributed by atoms with Crippen molar-refractivity contribution < 1.29 is 14.4 Å². The lowest BCUT2D eigenvalue weighted by Gasteiger charge is -2.39. The number of benzene rings is 1. The van der Waals surface area contributed by atoms with Gasteiger partial charge in [-0.25, -0.2) is 0 Å². The maximum atomic E-state index is 12.9. The molecule has 150 valence electrons. The van der Waals surface area contributed by atoms with Crippen LogP contribution in [-0.4, -0.2) is 35.1 Å². The lowest BCUT2D eigenvalue weighted by molar-refractivity contribution is -0.127. The molecule has 2 fully saturated rings. The lowest BCUT2D eigenvalue weighted by atomic mass is 9.65. The van der Waals surface area contributed by atoms with Crippen LogP contribution in [0.5, 0.6) is 0 Å². The minimum absolute atomic E-state index is 0.0211. The first-order valence-corrected chi connectivity index (χ1v) is 9.89. The zero-order chi connectivity index (χ0) is 20.7. The first-order chi connectivity index (χ1) is 13.0. The van der Waals surface area contributed by atoms with Crippen molar-refractivity contribution in [2.24, 2.45) is 10.8 Å². The van der Waals surface area contributed by atoms with Crippen molar-refractivity contribution in [3.8, 4) is 0 Å². The highest BCUT2D eigenvalue weighted by atomic mass is 16.2. The second kappa shape index (κ2) is 7.19. The Hall–Kier alpha value is -2.43. The number of fused-ring (bicyclic) bond motifs is 2. The SMILES string of the molecule is CC(=O)c1ccc(NC(=O)/C(C)=C\C(=O)N2CC3(C)CC2CC(C)(C)C3)cc1. The Morgan fingerprint density at radius 3 is 2.32 bits per heavy atom. The van der Waals surface area contributed by atoms with Crippen molar-refractivity contribution >= 4 is 23.3 Å². The van der Waals surface area contributed by atoms with E-state index in [1.54, 1.807) is 31.2 Å². The summed E-state index contributed by atoms with van der Waals surface area (Å²) in [5, 5.41) is 2.78. The molecule has 2 unspecified atom stereocenters. The second-order valence-electron chi connectivity index (χ2n) is 9.59. The van der Waals surface area contributed by atoms with E-state index < -0.39 is 0 Å². The molecule has 2 aliphatic rings. The van der Waals surface area contributed by atoms with Gasteiger partial charge in [0.15, 0.2) is 5.78 Å². The van der Waals surface area contributed by atoms with Gasteiger partial charge in [0, 0.05) is 35.5 Å².